The van der Waals surface area contributed by atoms with Crippen LogP contribution in [0.5, 0.6) is 0 Å². The van der Waals surface area contributed by atoms with Crippen LogP contribution in [0.25, 0.3) is 5.65 Å². The highest BCUT2D eigenvalue weighted by molar-refractivity contribution is 5.97. The Hall–Kier alpha value is -5.13. The fourth-order valence-electron chi connectivity index (χ4n) is 5.83. The Balaban J connectivity index is 1.25. The van der Waals surface area contributed by atoms with Crippen LogP contribution in [-0.2, 0) is 21.4 Å². The molecule has 13 nitrogen and oxygen atoms in total. The molecule has 45 heavy (non-hydrogen) atoms. The first-order chi connectivity index (χ1) is 21.6. The van der Waals surface area contributed by atoms with Crippen LogP contribution in [0.2, 0.25) is 0 Å². The van der Waals surface area contributed by atoms with Crippen LogP contribution in [0.3, 0.4) is 0 Å². The summed E-state index contributed by atoms with van der Waals surface area (Å²) in [4.78, 5) is 56.9. The lowest BCUT2D eigenvalue weighted by Gasteiger charge is -2.25. The number of amides is 3. The molecule has 3 amide bonds. The van der Waals surface area contributed by atoms with E-state index in [1.54, 1.807) is 40.8 Å². The van der Waals surface area contributed by atoms with Crippen LogP contribution in [0, 0.1) is 28.9 Å². The average Bonchev–Trinajstić information content (AvgIpc) is 3.44. The first kappa shape index (κ1) is 31.3. The quantitative estimate of drug-likeness (QED) is 0.342. The number of hydrogen-bond acceptors (Lipinski definition) is 8. The van der Waals surface area contributed by atoms with Crippen LogP contribution >= 0.6 is 0 Å². The number of imidazole rings is 1. The summed E-state index contributed by atoms with van der Waals surface area (Å²) in [5.41, 5.74) is 0.668. The van der Waals surface area contributed by atoms with E-state index in [1.807, 2.05) is 6.07 Å². The number of rotatable bonds is 9. The molecule has 0 aliphatic carbocycles. The van der Waals surface area contributed by atoms with Gasteiger partial charge in [-0.05, 0) is 19.3 Å². The molecule has 236 valence electrons. The number of carbonyl (C=O) groups excluding carboxylic acids is 4. The Morgan fingerprint density at radius 1 is 1.22 bits per heavy atom. The largest absolute Gasteiger partial charge is 0.442 e. The van der Waals surface area contributed by atoms with Gasteiger partial charge in [-0.1, -0.05) is 0 Å². The number of carbonyl (C=O) groups is 4. The molecule has 15 heteroatoms. The fourth-order valence-corrected chi connectivity index (χ4v) is 5.83. The van der Waals surface area contributed by atoms with Gasteiger partial charge >= 0.3 is 11.7 Å². The predicted octanol–water partition coefficient (Wildman–Crippen LogP) is 1.79. The van der Waals surface area contributed by atoms with Gasteiger partial charge in [0.05, 0.1) is 44.5 Å². The van der Waals surface area contributed by atoms with E-state index >= 15 is 8.78 Å². The van der Waals surface area contributed by atoms with Gasteiger partial charge in [-0.3, -0.25) is 24.3 Å². The molecule has 4 heterocycles. The molecule has 0 spiro atoms. The highest BCUT2D eigenvalue weighted by Crippen LogP contribution is 2.33. The molecule has 2 aromatic heterocycles. The van der Waals surface area contributed by atoms with Gasteiger partial charge in [0.15, 0.2) is 17.4 Å². The number of ether oxygens (including phenoxy) is 1. The molecular formula is C30H33F2N8O5+. The van der Waals surface area contributed by atoms with Crippen molar-refractivity contribution in [3.63, 3.8) is 0 Å². The second-order valence-electron chi connectivity index (χ2n) is 11.1. The zero-order chi connectivity index (χ0) is 32.2. The van der Waals surface area contributed by atoms with E-state index in [0.717, 1.165) is 17.0 Å². The molecule has 0 radical (unpaired) electrons. The summed E-state index contributed by atoms with van der Waals surface area (Å²) in [5, 5.41) is 14.7. The summed E-state index contributed by atoms with van der Waals surface area (Å²) in [6, 6.07) is 3.05. The summed E-state index contributed by atoms with van der Waals surface area (Å²) < 4.78 is 39.3. The Morgan fingerprint density at radius 2 is 1.98 bits per heavy atom. The van der Waals surface area contributed by atoms with Crippen molar-refractivity contribution in [1.82, 2.24) is 20.2 Å². The minimum Gasteiger partial charge on any atom is -0.442 e. The summed E-state index contributed by atoms with van der Waals surface area (Å²) in [7, 11) is 1.69. The fraction of sp³-hybridized carbons (Fsp3) is 0.433. The maximum atomic E-state index is 15.4. The van der Waals surface area contributed by atoms with Crippen molar-refractivity contribution >= 4 is 40.7 Å². The predicted molar refractivity (Wildman–Crippen MR) is 155 cm³/mol. The highest BCUT2D eigenvalue weighted by Gasteiger charge is 2.35. The standard InChI is InChI=1S/C30H32F2N8O5/c1-18(41)35-14-21-16-40(30(44)45-21)20-12-22(31)27(23(32)13-20)38-9-3-4-19(6-10-38)28(42)24(5-7-33)36-29(43)25-17-39-11-8-34-15-26(39)37(25)2/h8,11-13,15,17,19,21,24H,3-6,9-10,14,16H2,1-2H3,(H-,35,36,41,43)/p+1. The van der Waals surface area contributed by atoms with Crippen LogP contribution in [-0.4, -0.2) is 71.6 Å². The van der Waals surface area contributed by atoms with Crippen molar-refractivity contribution in [3.05, 3.63) is 54.2 Å². The Kier molecular flexibility index (Phi) is 9.21. The van der Waals surface area contributed by atoms with E-state index in [-0.39, 0.29) is 67.8 Å². The Labute approximate surface area is 257 Å². The molecule has 5 rings (SSSR count). The van der Waals surface area contributed by atoms with E-state index in [9.17, 15) is 24.4 Å². The molecule has 3 aromatic rings. The van der Waals surface area contributed by atoms with Gasteiger partial charge in [0.25, 0.3) is 5.91 Å². The number of anilines is 2. The second-order valence-corrected chi connectivity index (χ2v) is 11.1. The first-order valence-electron chi connectivity index (χ1n) is 14.6. The van der Waals surface area contributed by atoms with Gasteiger partial charge in [0, 0.05) is 38.1 Å². The molecule has 2 aliphatic heterocycles. The highest BCUT2D eigenvalue weighted by atomic mass is 19.1. The third-order valence-corrected chi connectivity index (χ3v) is 8.12. The summed E-state index contributed by atoms with van der Waals surface area (Å²) in [5.74, 6) is -3.40. The number of fused-ring (bicyclic) bond motifs is 1. The number of Topliss-reactive ketones (excluding diaryl/α,β-unsaturated/α-hetero) is 1. The number of ketones is 1. The number of benzene rings is 1. The number of nitriles is 1. The van der Waals surface area contributed by atoms with Gasteiger partial charge in [0.2, 0.25) is 11.6 Å². The smallest absolute Gasteiger partial charge is 0.414 e. The minimum absolute atomic E-state index is 0.0113. The molecule has 1 aromatic carbocycles. The molecule has 2 saturated heterocycles. The lowest BCUT2D eigenvalue weighted by Crippen LogP contribution is -2.44. The summed E-state index contributed by atoms with van der Waals surface area (Å²) >= 11 is 0. The SMILES string of the molecule is CC(=O)NCC1CN(c2cc(F)c(N3CCCC(C(=O)C(CC#N)NC(=O)c4c[n+]5ccncc5n4C)CC3)c(F)c2)C(=O)O1. The van der Waals surface area contributed by atoms with Gasteiger partial charge in [-0.15, -0.1) is 0 Å². The number of hydrogen-bond donors (Lipinski definition) is 2. The number of cyclic esters (lactones) is 1. The zero-order valence-electron chi connectivity index (χ0n) is 24.8. The Bertz CT molecular complexity index is 1670. The number of aromatic nitrogens is 3. The first-order valence-corrected chi connectivity index (χ1v) is 14.6. The lowest BCUT2D eigenvalue weighted by molar-refractivity contribution is -0.511. The van der Waals surface area contributed by atoms with Gasteiger partial charge in [0.1, 0.15) is 36.4 Å². The van der Waals surface area contributed by atoms with Gasteiger partial charge < -0.3 is 20.3 Å². The molecular weight excluding hydrogens is 590 g/mol. The number of aryl methyl sites for hydroxylation is 1. The van der Waals surface area contributed by atoms with E-state index in [0.29, 0.717) is 18.5 Å². The van der Waals surface area contributed by atoms with E-state index in [4.69, 9.17) is 4.74 Å². The van der Waals surface area contributed by atoms with Crippen LogP contribution in [0.1, 0.15) is 43.1 Å². The van der Waals surface area contributed by atoms with E-state index in [2.05, 4.69) is 15.6 Å². The maximum absolute atomic E-state index is 15.4. The molecule has 0 saturated carbocycles. The zero-order valence-corrected chi connectivity index (χ0v) is 24.8. The average molecular weight is 624 g/mol. The molecule has 0 bridgehead atoms. The van der Waals surface area contributed by atoms with Crippen molar-refractivity contribution in [2.75, 3.05) is 36.0 Å². The monoisotopic (exact) mass is 623 g/mol. The van der Waals surface area contributed by atoms with Crippen molar-refractivity contribution < 1.29 is 37.1 Å². The third kappa shape index (κ3) is 6.69. The molecule has 2 fully saturated rings. The summed E-state index contributed by atoms with van der Waals surface area (Å²) in [6.45, 7) is 1.85. The lowest BCUT2D eigenvalue weighted by atomic mass is 9.90. The van der Waals surface area contributed by atoms with Crippen molar-refractivity contribution in [3.8, 4) is 6.07 Å². The van der Waals surface area contributed by atoms with Crippen LogP contribution < -0.4 is 24.8 Å². The second kappa shape index (κ2) is 13.2. The normalized spacial score (nSPS) is 19.0. The van der Waals surface area contributed by atoms with E-state index in [1.165, 1.54) is 11.8 Å². The van der Waals surface area contributed by atoms with E-state index < -0.39 is 41.7 Å². The molecule has 2 aliphatic rings. The van der Waals surface area contributed by atoms with Crippen molar-refractivity contribution in [1.29, 1.82) is 5.26 Å². The number of halogens is 2. The number of nitrogens with one attached hydrogen (secondary N) is 2. The van der Waals surface area contributed by atoms with Crippen molar-refractivity contribution in [2.45, 2.75) is 44.8 Å². The van der Waals surface area contributed by atoms with Gasteiger partial charge in [-0.25, -0.2) is 18.1 Å². The maximum Gasteiger partial charge on any atom is 0.414 e. The van der Waals surface area contributed by atoms with Crippen LogP contribution in [0.4, 0.5) is 25.0 Å². The molecule has 3 atom stereocenters. The van der Waals surface area contributed by atoms with Gasteiger partial charge in [-0.2, -0.15) is 9.66 Å². The van der Waals surface area contributed by atoms with Crippen LogP contribution in [0.15, 0.2) is 36.9 Å². The molecule has 3 unspecified atom stereocenters. The number of nitrogens with zero attached hydrogens (tertiary/aromatic N) is 6. The minimum atomic E-state index is -1.05. The molecule has 2 N–H and O–H groups in total. The Morgan fingerprint density at radius 3 is 2.67 bits per heavy atom. The third-order valence-electron chi connectivity index (χ3n) is 8.12. The van der Waals surface area contributed by atoms with Crippen molar-refractivity contribution in [2.24, 2.45) is 13.0 Å². The topological polar surface area (TPSA) is 154 Å². The summed E-state index contributed by atoms with van der Waals surface area (Å²) in [6.07, 6.45) is 5.93.